The van der Waals surface area contributed by atoms with Crippen LogP contribution in [0.4, 0.5) is 10.1 Å². The van der Waals surface area contributed by atoms with Gasteiger partial charge < -0.3 is 21.0 Å². The monoisotopic (exact) mass is 269 g/mol. The van der Waals surface area contributed by atoms with E-state index in [1.165, 1.54) is 13.2 Å². The Labute approximate surface area is 112 Å². The predicted octanol–water partition coefficient (Wildman–Crippen LogP) is 2.41. The van der Waals surface area contributed by atoms with Crippen LogP contribution >= 0.6 is 0 Å². The Morgan fingerprint density at radius 3 is 2.79 bits per heavy atom. The van der Waals surface area contributed by atoms with Crippen LogP contribution in [-0.4, -0.2) is 24.7 Å². The molecule has 1 rings (SSSR count). The first-order chi connectivity index (χ1) is 8.90. The molecule has 0 aliphatic carbocycles. The van der Waals surface area contributed by atoms with Crippen molar-refractivity contribution in [1.82, 2.24) is 0 Å². The molecule has 1 aromatic rings. The maximum atomic E-state index is 13.2. The van der Waals surface area contributed by atoms with E-state index in [2.05, 4.69) is 10.5 Å². The van der Waals surface area contributed by atoms with Crippen LogP contribution in [0.25, 0.3) is 0 Å². The molecule has 6 heteroatoms. The molecular formula is C13H20FN3O2. The number of anilines is 1. The molecular weight excluding hydrogens is 249 g/mol. The first-order valence-electron chi connectivity index (χ1n) is 5.96. The summed E-state index contributed by atoms with van der Waals surface area (Å²) in [5.41, 5.74) is 5.95. The lowest BCUT2D eigenvalue weighted by Crippen LogP contribution is -2.33. The maximum Gasteiger partial charge on any atom is 0.165 e. The second kappa shape index (κ2) is 6.26. The van der Waals surface area contributed by atoms with Crippen LogP contribution in [0.15, 0.2) is 23.4 Å². The normalized spacial score (nSPS) is 12.3. The van der Waals surface area contributed by atoms with E-state index in [0.717, 1.165) is 5.69 Å². The van der Waals surface area contributed by atoms with Crippen LogP contribution in [0.1, 0.15) is 20.3 Å². The smallest absolute Gasteiger partial charge is 0.165 e. The Kier molecular flexibility index (Phi) is 4.97. The van der Waals surface area contributed by atoms with Crippen molar-refractivity contribution in [1.29, 1.82) is 0 Å². The van der Waals surface area contributed by atoms with Crippen LogP contribution in [0.2, 0.25) is 0 Å². The van der Waals surface area contributed by atoms with Gasteiger partial charge in [0.1, 0.15) is 5.84 Å². The van der Waals surface area contributed by atoms with Crippen LogP contribution in [0.3, 0.4) is 0 Å². The first kappa shape index (κ1) is 15.1. The van der Waals surface area contributed by atoms with Gasteiger partial charge >= 0.3 is 0 Å². The van der Waals surface area contributed by atoms with Crippen molar-refractivity contribution in [3.05, 3.63) is 24.0 Å². The third-order valence-corrected chi connectivity index (χ3v) is 3.03. The van der Waals surface area contributed by atoms with Crippen molar-refractivity contribution in [3.8, 4) is 5.75 Å². The molecule has 0 bridgehead atoms. The fraction of sp³-hybridized carbons (Fsp3) is 0.462. The van der Waals surface area contributed by atoms with E-state index < -0.39 is 11.2 Å². The van der Waals surface area contributed by atoms with Gasteiger partial charge in [-0.15, -0.1) is 0 Å². The zero-order chi connectivity index (χ0) is 14.5. The van der Waals surface area contributed by atoms with Crippen molar-refractivity contribution >= 4 is 11.5 Å². The number of methoxy groups -OCH3 is 1. The Balaban J connectivity index is 2.59. The van der Waals surface area contributed by atoms with Crippen LogP contribution < -0.4 is 15.8 Å². The molecule has 0 spiro atoms. The number of nitrogens with two attached hydrogens (primary N) is 1. The SMILES string of the molecule is COc1cc(NCCC(C)(C)/C(N)=N/O)ccc1F. The average Bonchev–Trinajstić information content (AvgIpc) is 2.39. The van der Waals surface area contributed by atoms with Crippen LogP contribution in [-0.2, 0) is 0 Å². The fourth-order valence-electron chi connectivity index (χ4n) is 1.55. The lowest BCUT2D eigenvalue weighted by atomic mass is 9.88. The molecule has 106 valence electrons. The molecule has 0 amide bonds. The molecule has 4 N–H and O–H groups in total. The van der Waals surface area contributed by atoms with Gasteiger partial charge in [-0.2, -0.15) is 0 Å². The number of ether oxygens (including phenoxy) is 1. The molecule has 0 aliphatic heterocycles. The van der Waals surface area contributed by atoms with Gasteiger partial charge in [0.15, 0.2) is 11.6 Å². The van der Waals surface area contributed by atoms with Crippen LogP contribution in [0.5, 0.6) is 5.75 Å². The fourth-order valence-corrected chi connectivity index (χ4v) is 1.55. The second-order valence-electron chi connectivity index (χ2n) is 4.90. The number of hydrogen-bond acceptors (Lipinski definition) is 4. The summed E-state index contributed by atoms with van der Waals surface area (Å²) in [5, 5.41) is 14.8. The maximum absolute atomic E-state index is 13.2. The average molecular weight is 269 g/mol. The molecule has 1 aromatic carbocycles. The van der Waals surface area contributed by atoms with Crippen LogP contribution in [0, 0.1) is 11.2 Å². The third kappa shape index (κ3) is 4.01. The minimum absolute atomic E-state index is 0.186. The van der Waals surface area contributed by atoms with Gasteiger partial charge in [-0.3, -0.25) is 0 Å². The quantitative estimate of drug-likeness (QED) is 0.321. The van der Waals surface area contributed by atoms with Gasteiger partial charge in [0.05, 0.1) is 7.11 Å². The summed E-state index contributed by atoms with van der Waals surface area (Å²) < 4.78 is 18.1. The van der Waals surface area contributed by atoms with E-state index in [9.17, 15) is 4.39 Å². The number of nitrogens with zero attached hydrogens (tertiary/aromatic N) is 1. The van der Waals surface area contributed by atoms with Gasteiger partial charge in [0, 0.05) is 23.7 Å². The van der Waals surface area contributed by atoms with Gasteiger partial charge in [0.25, 0.3) is 0 Å². The van der Waals surface area contributed by atoms with Gasteiger partial charge in [0.2, 0.25) is 0 Å². The third-order valence-electron chi connectivity index (χ3n) is 3.03. The number of oxime groups is 1. The van der Waals surface area contributed by atoms with Crippen molar-refractivity contribution in [2.45, 2.75) is 20.3 Å². The van der Waals surface area contributed by atoms with E-state index >= 15 is 0 Å². The molecule has 0 unspecified atom stereocenters. The minimum atomic E-state index is -0.411. The van der Waals surface area contributed by atoms with E-state index in [1.807, 2.05) is 13.8 Å². The van der Waals surface area contributed by atoms with Crippen molar-refractivity contribution < 1.29 is 14.3 Å². The number of amidine groups is 1. The lowest BCUT2D eigenvalue weighted by molar-refractivity contribution is 0.306. The Morgan fingerprint density at radius 1 is 1.53 bits per heavy atom. The number of nitrogens with one attached hydrogen (secondary N) is 1. The zero-order valence-corrected chi connectivity index (χ0v) is 11.4. The Bertz CT molecular complexity index is 461. The van der Waals surface area contributed by atoms with E-state index in [0.29, 0.717) is 13.0 Å². The van der Waals surface area contributed by atoms with Crippen molar-refractivity contribution in [2.24, 2.45) is 16.3 Å². The number of hydrogen-bond donors (Lipinski definition) is 3. The predicted molar refractivity (Wildman–Crippen MR) is 73.2 cm³/mol. The minimum Gasteiger partial charge on any atom is -0.494 e. The molecule has 0 fully saturated rings. The highest BCUT2D eigenvalue weighted by atomic mass is 19.1. The van der Waals surface area contributed by atoms with Crippen molar-refractivity contribution in [3.63, 3.8) is 0 Å². The molecule has 0 saturated carbocycles. The molecule has 0 saturated heterocycles. The lowest BCUT2D eigenvalue weighted by Gasteiger charge is -2.23. The molecule has 0 aliphatic rings. The number of rotatable bonds is 6. The molecule has 5 nitrogen and oxygen atoms in total. The highest BCUT2D eigenvalue weighted by molar-refractivity contribution is 5.85. The summed E-state index contributed by atoms with van der Waals surface area (Å²) in [6.07, 6.45) is 0.669. The molecule has 0 atom stereocenters. The summed E-state index contributed by atoms with van der Waals surface area (Å²) in [5.74, 6) is -0.0169. The largest absolute Gasteiger partial charge is 0.494 e. The highest BCUT2D eigenvalue weighted by Gasteiger charge is 2.22. The Hall–Kier alpha value is -1.98. The summed E-state index contributed by atoms with van der Waals surface area (Å²) >= 11 is 0. The van der Waals surface area contributed by atoms with Crippen molar-refractivity contribution in [2.75, 3.05) is 19.0 Å². The Morgan fingerprint density at radius 2 is 2.21 bits per heavy atom. The van der Waals surface area contributed by atoms with Gasteiger partial charge in [-0.1, -0.05) is 19.0 Å². The number of halogens is 1. The summed E-state index contributed by atoms with van der Waals surface area (Å²) in [6, 6.07) is 4.57. The number of benzene rings is 1. The van der Waals surface area contributed by atoms with Gasteiger partial charge in [-0.05, 0) is 18.6 Å². The highest BCUT2D eigenvalue weighted by Crippen LogP contribution is 2.23. The van der Waals surface area contributed by atoms with Gasteiger partial charge in [-0.25, -0.2) is 4.39 Å². The van der Waals surface area contributed by atoms with E-state index in [1.54, 1.807) is 12.1 Å². The summed E-state index contributed by atoms with van der Waals surface area (Å²) in [6.45, 7) is 4.38. The second-order valence-corrected chi connectivity index (χ2v) is 4.90. The molecule has 19 heavy (non-hydrogen) atoms. The standard InChI is InChI=1S/C13H20FN3O2/c1-13(2,12(15)17-18)6-7-16-9-4-5-10(14)11(8-9)19-3/h4-5,8,16,18H,6-7H2,1-3H3,(H2,15,17). The summed E-state index contributed by atoms with van der Waals surface area (Å²) in [7, 11) is 1.42. The molecule has 0 aromatic heterocycles. The van der Waals surface area contributed by atoms with E-state index in [4.69, 9.17) is 15.7 Å². The summed E-state index contributed by atoms with van der Waals surface area (Å²) in [4.78, 5) is 0. The molecule has 0 heterocycles. The molecule has 0 radical (unpaired) electrons. The zero-order valence-electron chi connectivity index (χ0n) is 11.4. The topological polar surface area (TPSA) is 79.9 Å². The van der Waals surface area contributed by atoms with E-state index in [-0.39, 0.29) is 11.6 Å². The first-order valence-corrected chi connectivity index (χ1v) is 5.96.